The lowest BCUT2D eigenvalue weighted by Gasteiger charge is -2.41. The molecule has 1 aromatic carbocycles. The van der Waals surface area contributed by atoms with Crippen molar-refractivity contribution in [2.75, 3.05) is 19.6 Å². The maximum atomic E-state index is 12.1. The van der Waals surface area contributed by atoms with Gasteiger partial charge in [0.2, 0.25) is 0 Å². The average molecular weight is 271 g/mol. The van der Waals surface area contributed by atoms with Crippen LogP contribution in [0.3, 0.4) is 0 Å². The van der Waals surface area contributed by atoms with E-state index in [0.717, 1.165) is 23.9 Å². The fourth-order valence-corrected chi connectivity index (χ4v) is 3.91. The van der Waals surface area contributed by atoms with Crippen molar-refractivity contribution in [1.29, 1.82) is 0 Å². The van der Waals surface area contributed by atoms with Crippen LogP contribution >= 0.6 is 0 Å². The van der Waals surface area contributed by atoms with E-state index in [1.807, 2.05) is 30.3 Å². The standard InChI is InChI=1S/C18H25NO/c20-18(16-7-2-1-3-8-16)11-13-19-12-10-15-6-4-5-9-17(15)14-19/h1-3,7-8,15,17H,4-6,9-14H2. The van der Waals surface area contributed by atoms with E-state index in [-0.39, 0.29) is 5.78 Å². The number of likely N-dealkylation sites (tertiary alicyclic amines) is 1. The van der Waals surface area contributed by atoms with Crippen molar-refractivity contribution in [1.82, 2.24) is 4.90 Å². The van der Waals surface area contributed by atoms with Gasteiger partial charge < -0.3 is 4.90 Å². The van der Waals surface area contributed by atoms with E-state index >= 15 is 0 Å². The molecule has 3 rings (SSSR count). The Bertz CT molecular complexity index is 442. The third-order valence-electron chi connectivity index (χ3n) is 5.13. The number of piperidine rings is 1. The van der Waals surface area contributed by atoms with E-state index in [4.69, 9.17) is 0 Å². The molecule has 1 heterocycles. The fourth-order valence-electron chi connectivity index (χ4n) is 3.91. The zero-order valence-corrected chi connectivity index (χ0v) is 12.3. The van der Waals surface area contributed by atoms with Gasteiger partial charge in [-0.05, 0) is 31.2 Å². The van der Waals surface area contributed by atoms with Crippen LogP contribution in [0.2, 0.25) is 0 Å². The molecule has 0 N–H and O–H groups in total. The van der Waals surface area contributed by atoms with Gasteiger partial charge in [0.15, 0.2) is 5.78 Å². The van der Waals surface area contributed by atoms with Crippen LogP contribution in [-0.2, 0) is 0 Å². The fraction of sp³-hybridized carbons (Fsp3) is 0.611. The lowest BCUT2D eigenvalue weighted by atomic mass is 9.75. The molecule has 1 aromatic rings. The van der Waals surface area contributed by atoms with Gasteiger partial charge in [-0.3, -0.25) is 4.79 Å². The van der Waals surface area contributed by atoms with Crippen LogP contribution in [-0.4, -0.2) is 30.3 Å². The zero-order valence-electron chi connectivity index (χ0n) is 12.3. The second-order valence-electron chi connectivity index (χ2n) is 6.43. The molecule has 0 aromatic heterocycles. The van der Waals surface area contributed by atoms with Crippen molar-refractivity contribution in [3.8, 4) is 0 Å². The molecule has 1 aliphatic carbocycles. The van der Waals surface area contributed by atoms with E-state index in [1.54, 1.807) is 0 Å². The monoisotopic (exact) mass is 271 g/mol. The summed E-state index contributed by atoms with van der Waals surface area (Å²) in [6.45, 7) is 3.37. The number of hydrogen-bond acceptors (Lipinski definition) is 2. The lowest BCUT2D eigenvalue weighted by molar-refractivity contribution is 0.0787. The van der Waals surface area contributed by atoms with Gasteiger partial charge in [0.1, 0.15) is 0 Å². The van der Waals surface area contributed by atoms with Crippen molar-refractivity contribution in [2.45, 2.75) is 38.5 Å². The summed E-state index contributed by atoms with van der Waals surface area (Å²) < 4.78 is 0. The van der Waals surface area contributed by atoms with Crippen LogP contribution in [0.25, 0.3) is 0 Å². The Balaban J connectivity index is 1.48. The minimum absolute atomic E-state index is 0.288. The summed E-state index contributed by atoms with van der Waals surface area (Å²) in [5, 5.41) is 0. The second kappa shape index (κ2) is 6.53. The van der Waals surface area contributed by atoms with Gasteiger partial charge in [-0.25, -0.2) is 0 Å². The van der Waals surface area contributed by atoms with Crippen LogP contribution in [0.4, 0.5) is 0 Å². The second-order valence-corrected chi connectivity index (χ2v) is 6.43. The van der Waals surface area contributed by atoms with Gasteiger partial charge in [-0.2, -0.15) is 0 Å². The molecule has 2 unspecified atom stereocenters. The Kier molecular flexibility index (Phi) is 4.51. The third-order valence-corrected chi connectivity index (χ3v) is 5.13. The number of hydrogen-bond donors (Lipinski definition) is 0. The highest BCUT2D eigenvalue weighted by Gasteiger charge is 2.30. The predicted octanol–water partition coefficient (Wildman–Crippen LogP) is 3.77. The smallest absolute Gasteiger partial charge is 0.164 e. The molecule has 1 saturated heterocycles. The first-order valence-electron chi connectivity index (χ1n) is 8.13. The van der Waals surface area contributed by atoms with E-state index < -0.39 is 0 Å². The van der Waals surface area contributed by atoms with Crippen molar-refractivity contribution in [2.24, 2.45) is 11.8 Å². The molecule has 20 heavy (non-hydrogen) atoms. The van der Waals surface area contributed by atoms with Crippen LogP contribution in [0.15, 0.2) is 30.3 Å². The molecule has 2 aliphatic rings. The van der Waals surface area contributed by atoms with Crippen molar-refractivity contribution in [3.05, 3.63) is 35.9 Å². The predicted molar refractivity (Wildman–Crippen MR) is 81.9 cm³/mol. The summed E-state index contributed by atoms with van der Waals surface area (Å²) in [6, 6.07) is 9.71. The van der Waals surface area contributed by atoms with Crippen LogP contribution < -0.4 is 0 Å². The highest BCUT2D eigenvalue weighted by Crippen LogP contribution is 2.35. The van der Waals surface area contributed by atoms with E-state index in [2.05, 4.69) is 4.90 Å². The molecule has 2 heteroatoms. The summed E-state index contributed by atoms with van der Waals surface area (Å²) >= 11 is 0. The van der Waals surface area contributed by atoms with Gasteiger partial charge in [-0.1, -0.05) is 49.6 Å². The van der Waals surface area contributed by atoms with Gasteiger partial charge >= 0.3 is 0 Å². The van der Waals surface area contributed by atoms with Crippen LogP contribution in [0.5, 0.6) is 0 Å². The van der Waals surface area contributed by atoms with Gasteiger partial charge in [-0.15, -0.1) is 0 Å². The van der Waals surface area contributed by atoms with Crippen LogP contribution in [0.1, 0.15) is 48.9 Å². The molecule has 0 radical (unpaired) electrons. The van der Waals surface area contributed by atoms with E-state index in [0.29, 0.717) is 6.42 Å². The number of benzene rings is 1. The first kappa shape index (κ1) is 13.8. The topological polar surface area (TPSA) is 20.3 Å². The molecule has 0 spiro atoms. The Hall–Kier alpha value is -1.15. The molecule has 0 amide bonds. The Morgan fingerprint density at radius 2 is 1.80 bits per heavy atom. The molecule has 2 atom stereocenters. The number of Topliss-reactive ketones (excluding diaryl/α,β-unsaturated/α-hetero) is 1. The quantitative estimate of drug-likeness (QED) is 0.777. The number of rotatable bonds is 4. The summed E-state index contributed by atoms with van der Waals surface area (Å²) in [5.74, 6) is 2.17. The van der Waals surface area contributed by atoms with Gasteiger partial charge in [0.05, 0.1) is 0 Å². The SMILES string of the molecule is O=C(CCN1CCC2CCCCC2C1)c1ccccc1. The Labute approximate surface area is 122 Å². The number of nitrogens with zero attached hydrogens (tertiary/aromatic N) is 1. The molecule has 2 nitrogen and oxygen atoms in total. The van der Waals surface area contributed by atoms with E-state index in [9.17, 15) is 4.79 Å². The molecular formula is C18H25NO. The van der Waals surface area contributed by atoms with Crippen molar-refractivity contribution >= 4 is 5.78 Å². The average Bonchev–Trinajstić information content (AvgIpc) is 2.53. The third kappa shape index (κ3) is 3.29. The minimum atomic E-state index is 0.288. The van der Waals surface area contributed by atoms with Crippen molar-refractivity contribution < 1.29 is 4.79 Å². The normalized spacial score (nSPS) is 27.0. The summed E-state index contributed by atoms with van der Waals surface area (Å²) in [6.07, 6.45) is 7.73. The minimum Gasteiger partial charge on any atom is -0.303 e. The summed E-state index contributed by atoms with van der Waals surface area (Å²) in [7, 11) is 0. The highest BCUT2D eigenvalue weighted by molar-refractivity contribution is 5.96. The highest BCUT2D eigenvalue weighted by atomic mass is 16.1. The van der Waals surface area contributed by atoms with Gasteiger partial charge in [0, 0.05) is 25.1 Å². The van der Waals surface area contributed by atoms with Gasteiger partial charge in [0.25, 0.3) is 0 Å². The molecular weight excluding hydrogens is 246 g/mol. The molecule has 2 fully saturated rings. The molecule has 108 valence electrons. The van der Waals surface area contributed by atoms with E-state index in [1.165, 1.54) is 45.2 Å². The molecule has 1 aliphatic heterocycles. The Morgan fingerprint density at radius 1 is 1.05 bits per heavy atom. The maximum Gasteiger partial charge on any atom is 0.164 e. The first-order chi connectivity index (χ1) is 9.83. The van der Waals surface area contributed by atoms with Crippen LogP contribution in [0, 0.1) is 11.8 Å². The number of ketones is 1. The first-order valence-corrected chi connectivity index (χ1v) is 8.13. The number of carbonyl (C=O) groups excluding carboxylic acids is 1. The lowest BCUT2D eigenvalue weighted by Crippen LogP contribution is -2.42. The number of fused-ring (bicyclic) bond motifs is 1. The molecule has 0 bridgehead atoms. The summed E-state index contributed by atoms with van der Waals surface area (Å²) in [5.41, 5.74) is 0.861. The zero-order chi connectivity index (χ0) is 13.8. The Morgan fingerprint density at radius 3 is 2.60 bits per heavy atom. The summed E-state index contributed by atoms with van der Waals surface area (Å²) in [4.78, 5) is 14.7. The maximum absolute atomic E-state index is 12.1. The molecule has 1 saturated carbocycles. The van der Waals surface area contributed by atoms with Crippen molar-refractivity contribution in [3.63, 3.8) is 0 Å². The largest absolute Gasteiger partial charge is 0.303 e. The number of carbonyl (C=O) groups is 1.